The average Bonchev–Trinajstić information content (AvgIpc) is 2.74. The Hall–Kier alpha value is -3.04. The summed E-state index contributed by atoms with van der Waals surface area (Å²) in [5.41, 5.74) is -6.36. The quantitative estimate of drug-likeness (QED) is 0.327. The molecule has 0 fully saturated rings. The van der Waals surface area contributed by atoms with E-state index in [0.717, 1.165) is 10.3 Å². The number of nitrogens with zero attached hydrogens (tertiary/aromatic N) is 1. The summed E-state index contributed by atoms with van der Waals surface area (Å²) in [4.78, 5) is 14.3. The number of alkyl halides is 7. The molecule has 0 unspecified atom stereocenters. The number of fused-ring (bicyclic) bond motifs is 1. The molecule has 0 atom stereocenters. The molecule has 0 aromatic heterocycles. The summed E-state index contributed by atoms with van der Waals surface area (Å²) < 4.78 is 94.1. The fraction of sp³-hybridized carbons (Fsp3) is 0.292. The van der Waals surface area contributed by atoms with Gasteiger partial charge >= 0.3 is 18.0 Å². The number of anilines is 1. The summed E-state index contributed by atoms with van der Waals surface area (Å²) in [6, 6.07) is 10.9. The number of aryl methyl sites for hydroxylation is 2. The third-order valence-electron chi connectivity index (χ3n) is 5.69. The van der Waals surface area contributed by atoms with Gasteiger partial charge in [0.1, 0.15) is 7.85 Å². The van der Waals surface area contributed by atoms with Crippen molar-refractivity contribution in [3.63, 3.8) is 0 Å². The molecule has 1 amide bonds. The van der Waals surface area contributed by atoms with Crippen LogP contribution in [0.15, 0.2) is 48.5 Å². The number of rotatable bonds is 4. The molecule has 3 aromatic carbocycles. The number of benzene rings is 3. The topological polar surface area (TPSA) is 20.3 Å². The number of carbonyl (C=O) groups is 1. The Bertz CT molecular complexity index is 1240. The van der Waals surface area contributed by atoms with Crippen LogP contribution in [0.3, 0.4) is 0 Å². The largest absolute Gasteiger partial charge is 0.435 e. The number of hydrogen-bond acceptors (Lipinski definition) is 1. The molecule has 0 spiro atoms. The van der Waals surface area contributed by atoms with Gasteiger partial charge in [-0.15, -0.1) is 0 Å². The Morgan fingerprint density at radius 2 is 1.44 bits per heavy atom. The second-order valence-electron chi connectivity index (χ2n) is 7.99. The minimum atomic E-state index is -6.22. The minimum Gasteiger partial charge on any atom is -0.311 e. The maximum Gasteiger partial charge on any atom is 0.435 e. The minimum absolute atomic E-state index is 0.0325. The van der Waals surface area contributed by atoms with Crippen molar-refractivity contribution in [1.82, 2.24) is 0 Å². The third-order valence-corrected chi connectivity index (χ3v) is 5.69. The molecule has 0 heterocycles. The molecule has 34 heavy (non-hydrogen) atoms. The van der Waals surface area contributed by atoms with Crippen molar-refractivity contribution in [2.75, 3.05) is 11.9 Å². The van der Waals surface area contributed by atoms with E-state index < -0.39 is 29.5 Å². The fourth-order valence-corrected chi connectivity index (χ4v) is 3.98. The van der Waals surface area contributed by atoms with E-state index in [1.165, 1.54) is 27.0 Å². The zero-order chi connectivity index (χ0) is 25.6. The molecule has 0 aliphatic heterocycles. The van der Waals surface area contributed by atoms with Crippen molar-refractivity contribution in [3.8, 4) is 0 Å². The maximum atomic E-state index is 14.6. The monoisotopic (exact) mass is 481 g/mol. The zero-order valence-electron chi connectivity index (χ0n) is 18.4. The highest BCUT2D eigenvalue weighted by atomic mass is 19.4. The van der Waals surface area contributed by atoms with Crippen molar-refractivity contribution in [2.24, 2.45) is 0 Å². The van der Waals surface area contributed by atoms with Crippen LogP contribution in [-0.2, 0) is 12.1 Å². The van der Waals surface area contributed by atoms with E-state index in [9.17, 15) is 35.5 Å². The lowest BCUT2D eigenvalue weighted by Gasteiger charge is -2.32. The van der Waals surface area contributed by atoms with E-state index in [-0.39, 0.29) is 28.8 Å². The summed E-state index contributed by atoms with van der Waals surface area (Å²) in [6.45, 7) is 2.72. The fourth-order valence-electron chi connectivity index (χ4n) is 3.98. The van der Waals surface area contributed by atoms with Gasteiger partial charge < -0.3 is 4.90 Å². The van der Waals surface area contributed by atoms with E-state index in [4.69, 9.17) is 7.85 Å². The second-order valence-corrected chi connectivity index (χ2v) is 7.99. The van der Waals surface area contributed by atoms with Gasteiger partial charge in [0.15, 0.2) is 0 Å². The molecule has 10 heteroatoms. The molecule has 0 bridgehead atoms. The molecule has 0 N–H and O–H groups in total. The van der Waals surface area contributed by atoms with E-state index >= 15 is 0 Å². The molecule has 0 saturated heterocycles. The highest BCUT2D eigenvalue weighted by Crippen LogP contribution is 2.54. The van der Waals surface area contributed by atoms with Gasteiger partial charge in [-0.1, -0.05) is 42.7 Å². The van der Waals surface area contributed by atoms with E-state index in [1.54, 1.807) is 30.3 Å². The summed E-state index contributed by atoms with van der Waals surface area (Å²) in [7, 11) is 7.10. The third kappa shape index (κ3) is 4.25. The van der Waals surface area contributed by atoms with Crippen LogP contribution in [0.4, 0.5) is 36.4 Å². The number of carbonyl (C=O) groups excluding carboxylic acids is 1. The highest BCUT2D eigenvalue weighted by molar-refractivity contribution is 6.33. The summed E-state index contributed by atoms with van der Waals surface area (Å²) in [6.07, 6.45) is -12.5. The second kappa shape index (κ2) is 8.63. The standard InChI is InChI=1S/C24H19BF7NO/c1-4-14-11-18(22(26,23(27,28)29)24(30,31)32)9-13(2)20(14)33(3)21(34)17-6-5-16-12-19(25)8-7-15(16)10-17/h5-12H,4H2,1-3H3. The molecule has 0 aliphatic carbocycles. The number of amides is 1. The molecule has 0 aliphatic rings. The summed E-state index contributed by atoms with van der Waals surface area (Å²) in [5.74, 6) is -0.539. The van der Waals surface area contributed by atoms with Crippen LogP contribution in [0.1, 0.15) is 34.0 Å². The first-order valence-corrected chi connectivity index (χ1v) is 10.2. The van der Waals surface area contributed by atoms with Gasteiger partial charge in [0.2, 0.25) is 0 Å². The Labute approximate surface area is 192 Å². The lowest BCUT2D eigenvalue weighted by atomic mass is 9.89. The molecule has 2 nitrogen and oxygen atoms in total. The Kier molecular flexibility index (Phi) is 6.50. The van der Waals surface area contributed by atoms with Crippen molar-refractivity contribution in [1.29, 1.82) is 0 Å². The molecule has 2 radical (unpaired) electrons. The van der Waals surface area contributed by atoms with E-state index in [1.807, 2.05) is 0 Å². The molecular formula is C24H19BF7NO. The number of halogens is 7. The van der Waals surface area contributed by atoms with Crippen molar-refractivity contribution in [2.45, 2.75) is 38.3 Å². The first-order chi connectivity index (χ1) is 15.6. The van der Waals surface area contributed by atoms with E-state index in [2.05, 4.69) is 0 Å². The van der Waals surface area contributed by atoms with Crippen molar-refractivity contribution in [3.05, 3.63) is 70.8 Å². The zero-order valence-corrected chi connectivity index (χ0v) is 18.4. The first-order valence-electron chi connectivity index (χ1n) is 10.2. The van der Waals surface area contributed by atoms with Gasteiger partial charge in [0.25, 0.3) is 5.91 Å². The lowest BCUT2D eigenvalue weighted by Crippen LogP contribution is -2.50. The van der Waals surface area contributed by atoms with Gasteiger partial charge in [-0.05, 0) is 53.4 Å². The first kappa shape index (κ1) is 25.6. The van der Waals surface area contributed by atoms with Gasteiger partial charge in [-0.3, -0.25) is 4.79 Å². The predicted octanol–water partition coefficient (Wildman–Crippen LogP) is 6.07. The van der Waals surface area contributed by atoms with Gasteiger partial charge in [0.05, 0.1) is 0 Å². The van der Waals surface area contributed by atoms with Crippen LogP contribution in [0, 0.1) is 6.92 Å². The smallest absolute Gasteiger partial charge is 0.311 e. The average molecular weight is 481 g/mol. The molecule has 3 rings (SSSR count). The summed E-state index contributed by atoms with van der Waals surface area (Å²) in [5, 5.41) is 1.50. The van der Waals surface area contributed by atoms with Gasteiger partial charge in [-0.25, -0.2) is 4.39 Å². The van der Waals surface area contributed by atoms with Gasteiger partial charge in [0, 0.05) is 23.9 Å². The lowest BCUT2D eigenvalue weighted by molar-refractivity contribution is -0.348. The van der Waals surface area contributed by atoms with Crippen LogP contribution in [0.2, 0.25) is 0 Å². The van der Waals surface area contributed by atoms with E-state index in [0.29, 0.717) is 23.0 Å². The Balaban J connectivity index is 2.10. The van der Waals surface area contributed by atoms with Gasteiger partial charge in [-0.2, -0.15) is 26.3 Å². The summed E-state index contributed by atoms with van der Waals surface area (Å²) >= 11 is 0. The van der Waals surface area contributed by atoms with Crippen LogP contribution >= 0.6 is 0 Å². The van der Waals surface area contributed by atoms with Crippen molar-refractivity contribution < 1.29 is 35.5 Å². The van der Waals surface area contributed by atoms with Crippen LogP contribution in [0.25, 0.3) is 10.8 Å². The number of hydrogen-bond donors (Lipinski definition) is 0. The van der Waals surface area contributed by atoms with Crippen LogP contribution < -0.4 is 10.4 Å². The Morgan fingerprint density at radius 3 is 2.00 bits per heavy atom. The predicted molar refractivity (Wildman–Crippen MR) is 118 cm³/mol. The SMILES string of the molecule is [B]c1ccc2cc(C(=O)N(C)c3c(C)cc(C(F)(C(F)(F)F)C(F)(F)F)cc3CC)ccc2c1. The molecule has 3 aromatic rings. The van der Waals surface area contributed by atoms with Crippen molar-refractivity contribution >= 4 is 35.7 Å². The van der Waals surface area contributed by atoms with Crippen LogP contribution in [-0.4, -0.2) is 33.2 Å². The van der Waals surface area contributed by atoms with Crippen LogP contribution in [0.5, 0.6) is 0 Å². The normalized spacial score (nSPS) is 12.8. The molecule has 178 valence electrons. The highest BCUT2D eigenvalue weighted by Gasteiger charge is 2.73. The Morgan fingerprint density at radius 1 is 0.882 bits per heavy atom. The molecule has 0 saturated carbocycles. The maximum absolute atomic E-state index is 14.6. The molecular weight excluding hydrogens is 462 g/mol.